The predicted octanol–water partition coefficient (Wildman–Crippen LogP) is 7.53. The molecule has 2 aliphatic rings. The summed E-state index contributed by atoms with van der Waals surface area (Å²) in [4.78, 5) is 30.9. The molecule has 2 fully saturated rings. The van der Waals surface area contributed by atoms with Crippen LogP contribution in [-0.4, -0.2) is 53.3 Å². The highest BCUT2D eigenvalue weighted by atomic mass is 127. The van der Waals surface area contributed by atoms with Crippen molar-refractivity contribution < 1.29 is 23.8 Å². The number of carbonyl (C=O) groups is 2. The van der Waals surface area contributed by atoms with Gasteiger partial charge in [0, 0.05) is 46.9 Å². The molecule has 1 saturated carbocycles. The second-order valence-electron chi connectivity index (χ2n) is 12.3. The number of benzene rings is 2. The molecule has 1 aromatic heterocycles. The number of hydrogen-bond acceptors (Lipinski definition) is 7. The number of anilines is 1. The van der Waals surface area contributed by atoms with Crippen molar-refractivity contribution in [1.82, 2.24) is 15.2 Å². The molecule has 232 valence electrons. The van der Waals surface area contributed by atoms with E-state index < -0.39 is 5.60 Å². The number of alkyl halides is 1. The van der Waals surface area contributed by atoms with Crippen LogP contribution in [0.1, 0.15) is 64.0 Å². The van der Waals surface area contributed by atoms with Crippen molar-refractivity contribution >= 4 is 51.3 Å². The highest BCUT2D eigenvalue weighted by Crippen LogP contribution is 2.35. The molecule has 1 saturated heterocycles. The SMILES string of the molecule is CC(C)(C)OC(=O)N1CCC(CCOc2cc3nccc(Oc4ccc(NC(=O)NC5CC5)c(CI)c4)c3cc2C#N)CC1. The number of nitrogens with one attached hydrogen (secondary N) is 2. The number of carbonyl (C=O) groups excluding carboxylic acids is 2. The van der Waals surface area contributed by atoms with E-state index in [2.05, 4.69) is 44.3 Å². The quantitative estimate of drug-likeness (QED) is 0.174. The van der Waals surface area contributed by atoms with Crippen molar-refractivity contribution in [3.8, 4) is 23.3 Å². The number of ether oxygens (including phenoxy) is 3. The van der Waals surface area contributed by atoms with Crippen LogP contribution in [0.4, 0.5) is 15.3 Å². The molecule has 1 aliphatic heterocycles. The smallest absolute Gasteiger partial charge is 0.410 e. The lowest BCUT2D eigenvalue weighted by molar-refractivity contribution is 0.0177. The predicted molar refractivity (Wildman–Crippen MR) is 177 cm³/mol. The Balaban J connectivity index is 1.21. The lowest BCUT2D eigenvalue weighted by Crippen LogP contribution is -2.41. The van der Waals surface area contributed by atoms with E-state index in [9.17, 15) is 14.9 Å². The van der Waals surface area contributed by atoms with Gasteiger partial charge in [-0.05, 0) is 94.7 Å². The Morgan fingerprint density at radius 3 is 2.55 bits per heavy atom. The highest BCUT2D eigenvalue weighted by molar-refractivity contribution is 14.1. The second kappa shape index (κ2) is 13.9. The van der Waals surface area contributed by atoms with E-state index in [-0.39, 0.29) is 18.2 Å². The molecule has 3 aromatic rings. The van der Waals surface area contributed by atoms with Crippen LogP contribution in [0.3, 0.4) is 0 Å². The topological polar surface area (TPSA) is 126 Å². The average molecular weight is 712 g/mol. The van der Waals surface area contributed by atoms with E-state index in [0.29, 0.717) is 63.8 Å². The first kappa shape index (κ1) is 31.6. The molecule has 11 heteroatoms. The Labute approximate surface area is 271 Å². The molecule has 3 amide bonds. The van der Waals surface area contributed by atoms with Crippen LogP contribution in [-0.2, 0) is 9.16 Å². The van der Waals surface area contributed by atoms with E-state index in [4.69, 9.17) is 14.2 Å². The summed E-state index contributed by atoms with van der Waals surface area (Å²) >= 11 is 2.26. The van der Waals surface area contributed by atoms with Gasteiger partial charge in [-0.25, -0.2) is 9.59 Å². The molecule has 5 rings (SSSR count). The van der Waals surface area contributed by atoms with Crippen LogP contribution in [0.2, 0.25) is 0 Å². The van der Waals surface area contributed by atoms with E-state index in [0.717, 1.165) is 43.4 Å². The molecule has 0 atom stereocenters. The lowest BCUT2D eigenvalue weighted by atomic mass is 9.94. The molecule has 2 aromatic carbocycles. The number of amides is 3. The third kappa shape index (κ3) is 8.43. The Hall–Kier alpha value is -3.79. The number of rotatable bonds is 9. The molecule has 0 unspecified atom stereocenters. The summed E-state index contributed by atoms with van der Waals surface area (Å²) in [6, 6.07) is 13.2. The van der Waals surface area contributed by atoms with Gasteiger partial charge in [-0.1, -0.05) is 22.6 Å². The van der Waals surface area contributed by atoms with Gasteiger partial charge < -0.3 is 29.7 Å². The van der Waals surface area contributed by atoms with Gasteiger partial charge in [0.2, 0.25) is 0 Å². The molecular formula is C33H38IN5O5. The summed E-state index contributed by atoms with van der Waals surface area (Å²) in [5, 5.41) is 16.5. The van der Waals surface area contributed by atoms with Gasteiger partial charge in [-0.15, -0.1) is 0 Å². The van der Waals surface area contributed by atoms with Crippen molar-refractivity contribution in [2.75, 3.05) is 25.0 Å². The maximum atomic E-state index is 12.3. The van der Waals surface area contributed by atoms with Crippen molar-refractivity contribution in [2.45, 2.75) is 68.9 Å². The van der Waals surface area contributed by atoms with Crippen molar-refractivity contribution in [2.24, 2.45) is 5.92 Å². The number of fused-ring (bicyclic) bond motifs is 1. The van der Waals surface area contributed by atoms with Gasteiger partial charge >= 0.3 is 12.1 Å². The summed E-state index contributed by atoms with van der Waals surface area (Å²) in [6.45, 7) is 7.42. The average Bonchev–Trinajstić information content (AvgIpc) is 3.81. The zero-order chi connectivity index (χ0) is 31.3. The summed E-state index contributed by atoms with van der Waals surface area (Å²) in [6.07, 6.45) is 6.06. The monoisotopic (exact) mass is 711 g/mol. The number of urea groups is 1. The summed E-state index contributed by atoms with van der Waals surface area (Å²) in [7, 11) is 0. The Kier molecular flexibility index (Phi) is 9.98. The maximum Gasteiger partial charge on any atom is 0.410 e. The van der Waals surface area contributed by atoms with E-state index in [1.807, 2.05) is 39.0 Å². The van der Waals surface area contributed by atoms with E-state index in [1.54, 1.807) is 29.3 Å². The molecule has 2 heterocycles. The molecule has 10 nitrogen and oxygen atoms in total. The summed E-state index contributed by atoms with van der Waals surface area (Å²) in [5.74, 6) is 2.11. The van der Waals surface area contributed by atoms with Gasteiger partial charge in [0.25, 0.3) is 0 Å². The fraction of sp³-hybridized carbons (Fsp3) is 0.455. The van der Waals surface area contributed by atoms with E-state index >= 15 is 0 Å². The third-order valence-corrected chi connectivity index (χ3v) is 8.40. The lowest BCUT2D eigenvalue weighted by Gasteiger charge is -2.33. The first-order chi connectivity index (χ1) is 21.1. The standard InChI is InChI=1S/C33H38IN5O5/c1-33(2,3)44-32(41)39-13-9-21(10-14-39)11-15-42-30-18-28-26(17-23(30)20-35)29(8-12-36-28)43-25-6-7-27(22(16-25)19-34)38-31(40)37-24-4-5-24/h6-8,12,16-18,21,24H,4-5,9-11,13-15,19H2,1-3H3,(H2,37,38,40). The minimum atomic E-state index is -0.501. The third-order valence-electron chi connectivity index (χ3n) is 7.58. The molecule has 2 N–H and O–H groups in total. The second-order valence-corrected chi connectivity index (χ2v) is 13.0. The number of aromatic nitrogens is 1. The maximum absolute atomic E-state index is 12.3. The number of pyridine rings is 1. The number of hydrogen-bond donors (Lipinski definition) is 2. The van der Waals surface area contributed by atoms with Crippen LogP contribution in [0.5, 0.6) is 17.2 Å². The molecule has 0 bridgehead atoms. The zero-order valence-electron chi connectivity index (χ0n) is 25.3. The summed E-state index contributed by atoms with van der Waals surface area (Å²) in [5.41, 5.74) is 2.25. The van der Waals surface area contributed by atoms with Gasteiger partial charge in [0.15, 0.2) is 0 Å². The molecule has 0 spiro atoms. The van der Waals surface area contributed by atoms with Crippen molar-refractivity contribution in [3.63, 3.8) is 0 Å². The first-order valence-corrected chi connectivity index (χ1v) is 16.5. The van der Waals surface area contributed by atoms with E-state index in [1.165, 1.54) is 0 Å². The normalized spacial score (nSPS) is 15.4. The van der Waals surface area contributed by atoms with Crippen LogP contribution >= 0.6 is 22.6 Å². The molecule has 44 heavy (non-hydrogen) atoms. The fourth-order valence-electron chi connectivity index (χ4n) is 5.07. The van der Waals surface area contributed by atoms with Gasteiger partial charge in [0.05, 0.1) is 17.7 Å². The molecule has 0 radical (unpaired) electrons. The highest BCUT2D eigenvalue weighted by Gasteiger charge is 2.27. The number of halogens is 1. The summed E-state index contributed by atoms with van der Waals surface area (Å²) < 4.78 is 18.5. The minimum absolute atomic E-state index is 0.196. The van der Waals surface area contributed by atoms with Crippen LogP contribution in [0, 0.1) is 17.2 Å². The first-order valence-electron chi connectivity index (χ1n) is 15.0. The molecular weight excluding hydrogens is 673 g/mol. The zero-order valence-corrected chi connectivity index (χ0v) is 27.5. The number of piperidine rings is 1. The molecule has 1 aliphatic carbocycles. The largest absolute Gasteiger partial charge is 0.492 e. The fourth-order valence-corrected chi connectivity index (χ4v) is 5.71. The van der Waals surface area contributed by atoms with Gasteiger partial charge in [-0.3, -0.25) is 4.98 Å². The Morgan fingerprint density at radius 2 is 1.86 bits per heavy atom. The number of likely N-dealkylation sites (tertiary alicyclic amines) is 1. The van der Waals surface area contributed by atoms with Crippen molar-refractivity contribution in [1.29, 1.82) is 5.26 Å². The van der Waals surface area contributed by atoms with Crippen molar-refractivity contribution in [3.05, 3.63) is 53.7 Å². The van der Waals surface area contributed by atoms with Gasteiger partial charge in [0.1, 0.15) is 28.9 Å². The number of nitrogens with zero attached hydrogens (tertiary/aromatic N) is 3. The van der Waals surface area contributed by atoms with Crippen LogP contribution in [0.25, 0.3) is 10.9 Å². The Bertz CT molecular complexity index is 1550. The van der Waals surface area contributed by atoms with Crippen LogP contribution < -0.4 is 20.1 Å². The van der Waals surface area contributed by atoms with Crippen LogP contribution in [0.15, 0.2) is 42.6 Å². The minimum Gasteiger partial charge on any atom is -0.492 e. The number of nitriles is 1. The Morgan fingerprint density at radius 1 is 1.09 bits per heavy atom. The van der Waals surface area contributed by atoms with Gasteiger partial charge in [-0.2, -0.15) is 5.26 Å².